The Hall–Kier alpha value is 0.237. The van der Waals surface area contributed by atoms with E-state index in [0.29, 0.717) is 0 Å². The summed E-state index contributed by atoms with van der Waals surface area (Å²) in [5, 5.41) is 35.7. The van der Waals surface area contributed by atoms with E-state index in [0.717, 1.165) is 0 Å². The predicted molar refractivity (Wildman–Crippen MR) is 22.0 cm³/mol. The Labute approximate surface area is 95.2 Å². The van der Waals surface area contributed by atoms with E-state index in [4.69, 9.17) is 10.2 Å². The molecule has 6 nitrogen and oxygen atoms in total. The number of aliphatic hydroxyl groups excluding tert-OH is 2. The van der Waals surface area contributed by atoms with Crippen molar-refractivity contribution in [1.82, 2.24) is 0 Å². The molecule has 0 saturated carbocycles. The molecule has 11 heavy (non-hydrogen) atoms. The fourth-order valence-corrected chi connectivity index (χ4v) is 0.258. The summed E-state index contributed by atoms with van der Waals surface area (Å²) >= 11 is 0. The smallest absolute Gasteiger partial charge is 0.124 e. The normalized spacial score (nSPS) is 14.4. The molecule has 0 heterocycles. The van der Waals surface area contributed by atoms with Gasteiger partial charge < -0.3 is 30.0 Å². The van der Waals surface area contributed by atoms with Crippen molar-refractivity contribution in [2.24, 2.45) is 0 Å². The molecule has 0 aromatic rings. The minimum absolute atomic E-state index is 0. The minimum Gasteiger partial charge on any atom is -0.547 e. The van der Waals surface area contributed by atoms with Crippen LogP contribution in [0.5, 0.6) is 0 Å². The van der Waals surface area contributed by atoms with Crippen molar-refractivity contribution in [1.29, 1.82) is 0 Å². The number of carboxylic acid groups (broad SMARTS) is 2. The summed E-state index contributed by atoms with van der Waals surface area (Å²) < 4.78 is 0. The second-order valence-corrected chi connectivity index (χ2v) is 1.53. The summed E-state index contributed by atoms with van der Waals surface area (Å²) in [6, 6.07) is 0. The van der Waals surface area contributed by atoms with Gasteiger partial charge in [0, 0.05) is 41.7 Å². The molecule has 2 atom stereocenters. The van der Waals surface area contributed by atoms with Crippen LogP contribution >= 0.6 is 0 Å². The molecule has 2 unspecified atom stereocenters. The van der Waals surface area contributed by atoms with Crippen molar-refractivity contribution in [2.75, 3.05) is 0 Å². The van der Waals surface area contributed by atoms with Gasteiger partial charge >= 0.3 is 0 Å². The van der Waals surface area contributed by atoms with Crippen LogP contribution in [0.4, 0.5) is 0 Å². The average molecular weight is 288 g/mol. The zero-order valence-corrected chi connectivity index (χ0v) is 8.32. The van der Waals surface area contributed by atoms with E-state index in [2.05, 4.69) is 0 Å². The van der Waals surface area contributed by atoms with E-state index in [9.17, 15) is 19.8 Å². The molecule has 0 spiro atoms. The zero-order valence-electron chi connectivity index (χ0n) is 5.18. The number of carbonyl (C=O) groups excluding carboxylic acids is 2. The molecule has 2 N–H and O–H groups in total. The Balaban J connectivity index is 0. The van der Waals surface area contributed by atoms with E-state index in [1.807, 2.05) is 0 Å². The third-order valence-electron chi connectivity index (χ3n) is 0.782. The molecule has 0 aliphatic carbocycles. The van der Waals surface area contributed by atoms with Crippen LogP contribution in [0.3, 0.4) is 0 Å². The topological polar surface area (TPSA) is 121 Å². The third-order valence-corrected chi connectivity index (χ3v) is 0.782. The molecule has 0 saturated heterocycles. The van der Waals surface area contributed by atoms with Crippen LogP contribution in [0.15, 0.2) is 0 Å². The first kappa shape index (κ1) is 13.8. The first-order valence-electron chi connectivity index (χ1n) is 2.24. The van der Waals surface area contributed by atoms with Crippen LogP contribution in [0.2, 0.25) is 0 Å². The number of rotatable bonds is 3. The Morgan fingerprint density at radius 2 is 1.18 bits per heavy atom. The van der Waals surface area contributed by atoms with E-state index >= 15 is 0 Å². The van der Waals surface area contributed by atoms with Crippen molar-refractivity contribution in [2.45, 2.75) is 12.2 Å². The molecule has 0 fully saturated rings. The summed E-state index contributed by atoms with van der Waals surface area (Å²) in [7, 11) is 0. The van der Waals surface area contributed by atoms with Gasteiger partial charge in [0.05, 0.1) is 11.9 Å². The molecular formula is C4H4CeO6-2. The Bertz CT molecular complexity index is 139. The number of aliphatic carboxylic acids is 2. The molecule has 0 bridgehead atoms. The summed E-state index contributed by atoms with van der Waals surface area (Å²) in [5.74, 6) is -4.12. The van der Waals surface area contributed by atoms with E-state index < -0.39 is 24.1 Å². The molecule has 0 aliphatic rings. The molecule has 62 valence electrons. The van der Waals surface area contributed by atoms with Crippen LogP contribution in [-0.4, -0.2) is 34.4 Å². The monoisotopic (exact) mass is 288 g/mol. The number of hydrogen-bond donors (Lipinski definition) is 2. The van der Waals surface area contributed by atoms with E-state index in [1.165, 1.54) is 0 Å². The average Bonchev–Trinajstić information content (AvgIpc) is 1.84. The van der Waals surface area contributed by atoms with Gasteiger partial charge in [0.1, 0.15) is 12.2 Å². The number of carbonyl (C=O) groups is 2. The molecule has 0 aromatic carbocycles. The first-order valence-corrected chi connectivity index (χ1v) is 2.24. The van der Waals surface area contributed by atoms with Crippen LogP contribution in [0.1, 0.15) is 0 Å². The van der Waals surface area contributed by atoms with Gasteiger partial charge in [0.2, 0.25) is 0 Å². The number of hydrogen-bond acceptors (Lipinski definition) is 6. The van der Waals surface area contributed by atoms with Gasteiger partial charge in [0.15, 0.2) is 0 Å². The first-order chi connectivity index (χ1) is 4.46. The predicted octanol–water partition coefficient (Wildman–Crippen LogP) is -4.79. The molecule has 0 aliphatic heterocycles. The second kappa shape index (κ2) is 5.83. The van der Waals surface area contributed by atoms with E-state index in [-0.39, 0.29) is 41.7 Å². The molecule has 0 radical (unpaired) electrons. The fourth-order valence-electron chi connectivity index (χ4n) is 0.258. The SMILES string of the molecule is O=C([O-])C(O)C(O)C(=O)[O-].[Ce]. The van der Waals surface area contributed by atoms with Crippen molar-refractivity contribution in [3.8, 4) is 0 Å². The van der Waals surface area contributed by atoms with Crippen molar-refractivity contribution in [3.63, 3.8) is 0 Å². The summed E-state index contributed by atoms with van der Waals surface area (Å²) in [6.45, 7) is 0. The molecular weight excluding hydrogens is 284 g/mol. The van der Waals surface area contributed by atoms with Crippen molar-refractivity contribution < 1.29 is 71.8 Å². The minimum atomic E-state index is -2.44. The molecule has 0 amide bonds. The largest absolute Gasteiger partial charge is 0.547 e. The van der Waals surface area contributed by atoms with Crippen LogP contribution in [-0.2, 0) is 9.59 Å². The standard InChI is InChI=1S/C4H6O6.Ce/c5-1(3(7)8)2(6)4(9)10;/h1-2,5-6H,(H,7,8)(H,9,10);/p-2. The number of aliphatic hydroxyl groups is 2. The van der Waals surface area contributed by atoms with Gasteiger partial charge in [-0.3, -0.25) is 0 Å². The van der Waals surface area contributed by atoms with Crippen molar-refractivity contribution in [3.05, 3.63) is 0 Å². The number of carboxylic acids is 2. The van der Waals surface area contributed by atoms with Crippen LogP contribution in [0, 0.1) is 41.7 Å². The quantitative estimate of drug-likeness (QED) is 0.537. The Kier molecular flexibility index (Phi) is 7.32. The van der Waals surface area contributed by atoms with E-state index in [1.54, 1.807) is 0 Å². The summed E-state index contributed by atoms with van der Waals surface area (Å²) in [5.41, 5.74) is 0. The Morgan fingerprint density at radius 1 is 1.00 bits per heavy atom. The second-order valence-electron chi connectivity index (χ2n) is 1.53. The van der Waals surface area contributed by atoms with Gasteiger partial charge in [0.25, 0.3) is 0 Å². The third kappa shape index (κ3) is 4.64. The zero-order chi connectivity index (χ0) is 8.31. The molecule has 7 heteroatoms. The Morgan fingerprint density at radius 3 is 1.27 bits per heavy atom. The maximum Gasteiger partial charge on any atom is 0.124 e. The van der Waals surface area contributed by atoms with Gasteiger partial charge in [-0.15, -0.1) is 0 Å². The fraction of sp³-hybridized carbons (Fsp3) is 0.500. The van der Waals surface area contributed by atoms with Crippen LogP contribution in [0.25, 0.3) is 0 Å². The summed E-state index contributed by atoms with van der Waals surface area (Å²) in [4.78, 5) is 19.3. The molecule has 0 rings (SSSR count). The molecule has 0 aromatic heterocycles. The maximum absolute atomic E-state index is 9.63. The van der Waals surface area contributed by atoms with Crippen molar-refractivity contribution >= 4 is 11.9 Å². The van der Waals surface area contributed by atoms with Gasteiger partial charge in [-0.25, -0.2) is 0 Å². The van der Waals surface area contributed by atoms with Crippen LogP contribution < -0.4 is 10.2 Å². The van der Waals surface area contributed by atoms with Gasteiger partial charge in [-0.2, -0.15) is 0 Å². The van der Waals surface area contributed by atoms with Gasteiger partial charge in [-0.1, -0.05) is 0 Å². The van der Waals surface area contributed by atoms with Gasteiger partial charge in [-0.05, 0) is 0 Å². The summed E-state index contributed by atoms with van der Waals surface area (Å²) in [6.07, 6.45) is -4.88. The maximum atomic E-state index is 9.63.